The monoisotopic (exact) mass is 497 g/mol. The molecular formula is C26H28FN3O4S. The van der Waals surface area contributed by atoms with E-state index in [0.717, 1.165) is 23.3 Å². The number of hydrogen-bond donors (Lipinski definition) is 1. The Hall–Kier alpha value is -3.30. The summed E-state index contributed by atoms with van der Waals surface area (Å²) in [5.74, 6) is -0.427. The molecule has 35 heavy (non-hydrogen) atoms. The fraction of sp³-hybridized carbons (Fsp3) is 0.308. The molecule has 1 N–H and O–H groups in total. The normalized spacial score (nSPS) is 17.5. The van der Waals surface area contributed by atoms with Crippen LogP contribution < -0.4 is 10.1 Å². The number of carbonyl (C=O) groups is 1. The van der Waals surface area contributed by atoms with Crippen molar-refractivity contribution in [2.24, 2.45) is 5.92 Å². The number of piperidine rings is 1. The van der Waals surface area contributed by atoms with Gasteiger partial charge in [0.25, 0.3) is 0 Å². The number of pyridine rings is 1. The van der Waals surface area contributed by atoms with Crippen molar-refractivity contribution in [1.29, 1.82) is 0 Å². The fourth-order valence-corrected chi connectivity index (χ4v) is 5.57. The molecule has 1 saturated heterocycles. The first-order chi connectivity index (χ1) is 16.8. The SMILES string of the molecule is CC(NC(=O)C1CCCN(S(=O)(=O)c2ccc(F)cc2)C1)c1ccc(OCc2cccnc2)cc1. The predicted octanol–water partition coefficient (Wildman–Crippen LogP) is 4.08. The van der Waals surface area contributed by atoms with Crippen LogP contribution in [0.3, 0.4) is 0 Å². The number of carbonyl (C=O) groups excluding carboxylic acids is 1. The average molecular weight is 498 g/mol. The Bertz CT molecular complexity index is 1240. The molecule has 2 aromatic carbocycles. The lowest BCUT2D eigenvalue weighted by Crippen LogP contribution is -2.45. The summed E-state index contributed by atoms with van der Waals surface area (Å²) in [6.45, 7) is 2.73. The second kappa shape index (κ2) is 11.0. The van der Waals surface area contributed by atoms with Crippen LogP contribution in [0.5, 0.6) is 5.75 Å². The van der Waals surface area contributed by atoms with Gasteiger partial charge in [-0.15, -0.1) is 0 Å². The predicted molar refractivity (Wildman–Crippen MR) is 129 cm³/mol. The molecule has 0 aliphatic carbocycles. The lowest BCUT2D eigenvalue weighted by molar-refractivity contribution is -0.126. The molecule has 0 spiro atoms. The van der Waals surface area contributed by atoms with E-state index in [2.05, 4.69) is 10.3 Å². The molecule has 0 bridgehead atoms. The number of ether oxygens (including phenoxy) is 1. The van der Waals surface area contributed by atoms with Crippen LogP contribution >= 0.6 is 0 Å². The van der Waals surface area contributed by atoms with Crippen molar-refractivity contribution in [3.8, 4) is 5.75 Å². The number of nitrogens with one attached hydrogen (secondary N) is 1. The standard InChI is InChI=1S/C26H28FN3O4S/c1-19(21-6-10-24(11-7-21)34-18-20-4-2-14-28-16-20)29-26(31)22-5-3-15-30(17-22)35(32,33)25-12-8-23(27)9-13-25/h2,4,6-14,16,19,22H,3,5,15,17-18H2,1H3,(H,29,31). The lowest BCUT2D eigenvalue weighted by atomic mass is 9.98. The van der Waals surface area contributed by atoms with Gasteiger partial charge in [0.05, 0.1) is 16.9 Å². The molecule has 0 saturated carbocycles. The summed E-state index contributed by atoms with van der Waals surface area (Å²) in [5, 5.41) is 3.00. The molecule has 7 nitrogen and oxygen atoms in total. The first-order valence-corrected chi connectivity index (χ1v) is 12.9. The third kappa shape index (κ3) is 6.23. The number of hydrogen-bond acceptors (Lipinski definition) is 5. The van der Waals surface area contributed by atoms with E-state index in [1.54, 1.807) is 12.4 Å². The van der Waals surface area contributed by atoms with Crippen molar-refractivity contribution in [2.45, 2.75) is 37.3 Å². The van der Waals surface area contributed by atoms with Gasteiger partial charge in [-0.2, -0.15) is 4.31 Å². The van der Waals surface area contributed by atoms with Gasteiger partial charge in [0.2, 0.25) is 15.9 Å². The molecule has 184 valence electrons. The molecule has 1 aromatic heterocycles. The highest BCUT2D eigenvalue weighted by Gasteiger charge is 2.33. The van der Waals surface area contributed by atoms with Crippen LogP contribution in [0, 0.1) is 11.7 Å². The van der Waals surface area contributed by atoms with Crippen molar-refractivity contribution in [3.05, 3.63) is 90.0 Å². The van der Waals surface area contributed by atoms with Gasteiger partial charge >= 0.3 is 0 Å². The molecule has 2 unspecified atom stereocenters. The summed E-state index contributed by atoms with van der Waals surface area (Å²) in [6, 6.07) is 15.8. The molecule has 1 amide bonds. The van der Waals surface area contributed by atoms with Crippen LogP contribution in [0.25, 0.3) is 0 Å². The molecule has 1 fully saturated rings. The van der Waals surface area contributed by atoms with Crippen LogP contribution in [0.2, 0.25) is 0 Å². The zero-order valence-corrected chi connectivity index (χ0v) is 20.2. The molecule has 4 rings (SSSR count). The van der Waals surface area contributed by atoms with E-state index in [4.69, 9.17) is 4.74 Å². The minimum absolute atomic E-state index is 0.0270. The first kappa shape index (κ1) is 24.8. The smallest absolute Gasteiger partial charge is 0.243 e. The Morgan fingerprint density at radius 1 is 1.17 bits per heavy atom. The van der Waals surface area contributed by atoms with Crippen LogP contribution in [0.4, 0.5) is 4.39 Å². The van der Waals surface area contributed by atoms with Gasteiger partial charge in [-0.1, -0.05) is 18.2 Å². The third-order valence-electron chi connectivity index (χ3n) is 6.07. The van der Waals surface area contributed by atoms with Crippen LogP contribution in [0.15, 0.2) is 78.0 Å². The van der Waals surface area contributed by atoms with E-state index in [1.165, 1.54) is 16.4 Å². The molecule has 2 heterocycles. The first-order valence-electron chi connectivity index (χ1n) is 11.5. The van der Waals surface area contributed by atoms with Crippen LogP contribution in [-0.2, 0) is 21.4 Å². The molecule has 2 atom stereocenters. The van der Waals surface area contributed by atoms with Gasteiger partial charge in [-0.3, -0.25) is 9.78 Å². The Morgan fingerprint density at radius 3 is 2.60 bits per heavy atom. The van der Waals surface area contributed by atoms with E-state index >= 15 is 0 Å². The van der Waals surface area contributed by atoms with Crippen molar-refractivity contribution in [2.75, 3.05) is 13.1 Å². The summed E-state index contributed by atoms with van der Waals surface area (Å²) in [4.78, 5) is 17.0. The summed E-state index contributed by atoms with van der Waals surface area (Å²) < 4.78 is 46.2. The number of sulfonamides is 1. The zero-order valence-electron chi connectivity index (χ0n) is 19.4. The average Bonchev–Trinajstić information content (AvgIpc) is 2.88. The molecule has 3 aromatic rings. The van der Waals surface area contributed by atoms with Crippen molar-refractivity contribution >= 4 is 15.9 Å². The van der Waals surface area contributed by atoms with Gasteiger partial charge in [0, 0.05) is 31.0 Å². The Kier molecular flexibility index (Phi) is 7.77. The molecule has 0 radical (unpaired) electrons. The van der Waals surface area contributed by atoms with E-state index in [-0.39, 0.29) is 23.4 Å². The van der Waals surface area contributed by atoms with Crippen molar-refractivity contribution in [3.63, 3.8) is 0 Å². The highest BCUT2D eigenvalue weighted by molar-refractivity contribution is 7.89. The lowest BCUT2D eigenvalue weighted by Gasteiger charge is -2.32. The Balaban J connectivity index is 1.33. The maximum Gasteiger partial charge on any atom is 0.243 e. The van der Waals surface area contributed by atoms with Crippen molar-refractivity contribution in [1.82, 2.24) is 14.6 Å². The summed E-state index contributed by atoms with van der Waals surface area (Å²) >= 11 is 0. The highest BCUT2D eigenvalue weighted by atomic mass is 32.2. The maximum absolute atomic E-state index is 13.2. The van der Waals surface area contributed by atoms with Gasteiger partial charge in [-0.05, 0) is 67.8 Å². The van der Waals surface area contributed by atoms with E-state index < -0.39 is 21.8 Å². The maximum atomic E-state index is 13.2. The van der Waals surface area contributed by atoms with E-state index in [1.807, 2.05) is 43.3 Å². The third-order valence-corrected chi connectivity index (χ3v) is 7.95. The number of aromatic nitrogens is 1. The largest absolute Gasteiger partial charge is 0.489 e. The number of benzene rings is 2. The summed E-state index contributed by atoms with van der Waals surface area (Å²) in [6.07, 6.45) is 4.65. The van der Waals surface area contributed by atoms with Gasteiger partial charge in [0.15, 0.2) is 0 Å². The Labute approximate surface area is 205 Å². The van der Waals surface area contributed by atoms with Gasteiger partial charge in [-0.25, -0.2) is 12.8 Å². The van der Waals surface area contributed by atoms with Crippen molar-refractivity contribution < 1.29 is 22.3 Å². The highest BCUT2D eigenvalue weighted by Crippen LogP contribution is 2.25. The molecule has 1 aliphatic rings. The number of nitrogens with zero attached hydrogens (tertiary/aromatic N) is 2. The fourth-order valence-electron chi connectivity index (χ4n) is 4.05. The minimum atomic E-state index is -3.79. The molecular weight excluding hydrogens is 469 g/mol. The summed E-state index contributed by atoms with van der Waals surface area (Å²) in [5.41, 5.74) is 1.89. The summed E-state index contributed by atoms with van der Waals surface area (Å²) in [7, 11) is -3.79. The van der Waals surface area contributed by atoms with Crippen LogP contribution in [0.1, 0.15) is 36.9 Å². The topological polar surface area (TPSA) is 88.6 Å². The van der Waals surface area contributed by atoms with Gasteiger partial charge < -0.3 is 10.1 Å². The Morgan fingerprint density at radius 2 is 1.91 bits per heavy atom. The van der Waals surface area contributed by atoms with E-state index in [0.29, 0.717) is 31.7 Å². The quantitative estimate of drug-likeness (QED) is 0.507. The number of amides is 1. The minimum Gasteiger partial charge on any atom is -0.489 e. The van der Waals surface area contributed by atoms with Crippen LogP contribution in [-0.4, -0.2) is 36.7 Å². The number of rotatable bonds is 8. The van der Waals surface area contributed by atoms with Gasteiger partial charge in [0.1, 0.15) is 18.2 Å². The van der Waals surface area contributed by atoms with E-state index in [9.17, 15) is 17.6 Å². The zero-order chi connectivity index (χ0) is 24.8. The molecule has 1 aliphatic heterocycles. The second-order valence-electron chi connectivity index (χ2n) is 8.61. The number of halogens is 1. The second-order valence-corrected chi connectivity index (χ2v) is 10.5. The molecule has 9 heteroatoms.